The monoisotopic (exact) mass is 209 g/mol. The van der Waals surface area contributed by atoms with E-state index in [0.717, 1.165) is 24.4 Å². The Balaban J connectivity index is 2.12. The van der Waals surface area contributed by atoms with Crippen molar-refractivity contribution in [3.63, 3.8) is 0 Å². The van der Waals surface area contributed by atoms with Crippen LogP contribution in [0.4, 0.5) is 0 Å². The number of furan rings is 1. The fourth-order valence-corrected chi connectivity index (χ4v) is 2.29. The van der Waals surface area contributed by atoms with Crippen LogP contribution in [0.3, 0.4) is 0 Å². The van der Waals surface area contributed by atoms with Gasteiger partial charge in [-0.05, 0) is 25.0 Å². The molecule has 1 heterocycles. The van der Waals surface area contributed by atoms with Crippen LogP contribution < -0.4 is 5.73 Å². The van der Waals surface area contributed by atoms with E-state index in [-0.39, 0.29) is 5.54 Å². The quantitative estimate of drug-likeness (QED) is 0.832. The van der Waals surface area contributed by atoms with Crippen LogP contribution >= 0.6 is 0 Å². The third-order valence-electron chi connectivity index (χ3n) is 3.18. The summed E-state index contributed by atoms with van der Waals surface area (Å²) in [5, 5.41) is 0. The van der Waals surface area contributed by atoms with Gasteiger partial charge < -0.3 is 14.9 Å². The van der Waals surface area contributed by atoms with Gasteiger partial charge in [-0.15, -0.1) is 0 Å². The molecule has 0 atom stereocenters. The van der Waals surface area contributed by atoms with Gasteiger partial charge >= 0.3 is 0 Å². The van der Waals surface area contributed by atoms with Crippen LogP contribution in [0.2, 0.25) is 0 Å². The Morgan fingerprint density at radius 1 is 1.33 bits per heavy atom. The summed E-state index contributed by atoms with van der Waals surface area (Å²) in [6.07, 6.45) is 5.78. The first kappa shape index (κ1) is 10.7. The maximum absolute atomic E-state index is 6.36. The standard InChI is InChI=1S/C12H19NO2/c1-14-9-10-5-6-11(15-10)12(13)7-3-2-4-8-12/h5-6H,2-4,7-9,13H2,1H3. The summed E-state index contributed by atoms with van der Waals surface area (Å²) in [6, 6.07) is 3.96. The third-order valence-corrected chi connectivity index (χ3v) is 3.18. The van der Waals surface area contributed by atoms with Crippen LogP contribution in [0.25, 0.3) is 0 Å². The zero-order valence-electron chi connectivity index (χ0n) is 9.29. The van der Waals surface area contributed by atoms with E-state index in [1.807, 2.05) is 12.1 Å². The van der Waals surface area contributed by atoms with Crippen molar-refractivity contribution in [2.24, 2.45) is 5.73 Å². The number of ether oxygens (including phenoxy) is 1. The zero-order chi connectivity index (χ0) is 10.7. The van der Waals surface area contributed by atoms with Gasteiger partial charge in [0.25, 0.3) is 0 Å². The molecule has 3 nitrogen and oxygen atoms in total. The largest absolute Gasteiger partial charge is 0.462 e. The van der Waals surface area contributed by atoms with Crippen molar-refractivity contribution in [2.45, 2.75) is 44.2 Å². The van der Waals surface area contributed by atoms with Gasteiger partial charge in [-0.25, -0.2) is 0 Å². The highest BCUT2D eigenvalue weighted by atomic mass is 16.5. The molecule has 1 saturated carbocycles. The lowest BCUT2D eigenvalue weighted by molar-refractivity contribution is 0.156. The number of hydrogen-bond acceptors (Lipinski definition) is 3. The smallest absolute Gasteiger partial charge is 0.129 e. The predicted octanol–water partition coefficient (Wildman–Crippen LogP) is 2.54. The van der Waals surface area contributed by atoms with Gasteiger partial charge in [0.05, 0.1) is 5.54 Å². The van der Waals surface area contributed by atoms with E-state index in [9.17, 15) is 0 Å². The molecule has 1 fully saturated rings. The van der Waals surface area contributed by atoms with Gasteiger partial charge in [-0.2, -0.15) is 0 Å². The molecule has 0 unspecified atom stereocenters. The highest BCUT2D eigenvalue weighted by Gasteiger charge is 2.32. The maximum atomic E-state index is 6.36. The molecular formula is C12H19NO2. The van der Waals surface area contributed by atoms with Crippen molar-refractivity contribution in [3.8, 4) is 0 Å². The first-order valence-electron chi connectivity index (χ1n) is 5.62. The van der Waals surface area contributed by atoms with Crippen LogP contribution in [0.15, 0.2) is 16.5 Å². The fourth-order valence-electron chi connectivity index (χ4n) is 2.29. The van der Waals surface area contributed by atoms with Crippen molar-refractivity contribution < 1.29 is 9.15 Å². The molecule has 2 rings (SSSR count). The third kappa shape index (κ3) is 2.24. The molecule has 0 bridgehead atoms. The summed E-state index contributed by atoms with van der Waals surface area (Å²) < 4.78 is 10.7. The Morgan fingerprint density at radius 3 is 2.73 bits per heavy atom. The number of methoxy groups -OCH3 is 1. The van der Waals surface area contributed by atoms with Crippen molar-refractivity contribution in [3.05, 3.63) is 23.7 Å². The molecule has 0 spiro atoms. The Kier molecular flexibility index (Phi) is 3.12. The van der Waals surface area contributed by atoms with E-state index >= 15 is 0 Å². The van der Waals surface area contributed by atoms with Gasteiger partial charge in [0, 0.05) is 7.11 Å². The summed E-state index contributed by atoms with van der Waals surface area (Å²) in [5.74, 6) is 1.79. The van der Waals surface area contributed by atoms with E-state index in [1.165, 1.54) is 19.3 Å². The first-order valence-corrected chi connectivity index (χ1v) is 5.62. The lowest BCUT2D eigenvalue weighted by Crippen LogP contribution is -2.38. The van der Waals surface area contributed by atoms with Crippen molar-refractivity contribution in [1.82, 2.24) is 0 Å². The van der Waals surface area contributed by atoms with Gasteiger partial charge in [0.1, 0.15) is 18.1 Å². The van der Waals surface area contributed by atoms with Crippen LogP contribution in [0.5, 0.6) is 0 Å². The van der Waals surface area contributed by atoms with E-state index in [2.05, 4.69) is 0 Å². The second kappa shape index (κ2) is 4.37. The molecule has 0 aromatic carbocycles. The average molecular weight is 209 g/mol. The second-order valence-electron chi connectivity index (χ2n) is 4.42. The van der Waals surface area contributed by atoms with Gasteiger partial charge in [0.15, 0.2) is 0 Å². The van der Waals surface area contributed by atoms with E-state index < -0.39 is 0 Å². The lowest BCUT2D eigenvalue weighted by atomic mass is 9.81. The maximum Gasteiger partial charge on any atom is 0.129 e. The van der Waals surface area contributed by atoms with Crippen LogP contribution in [-0.2, 0) is 16.9 Å². The molecule has 1 aliphatic carbocycles. The predicted molar refractivity (Wildman–Crippen MR) is 58.4 cm³/mol. The Bertz CT molecular complexity index is 313. The van der Waals surface area contributed by atoms with Crippen molar-refractivity contribution >= 4 is 0 Å². The second-order valence-corrected chi connectivity index (χ2v) is 4.42. The summed E-state index contributed by atoms with van der Waals surface area (Å²) in [6.45, 7) is 0.524. The average Bonchev–Trinajstić information content (AvgIpc) is 2.69. The van der Waals surface area contributed by atoms with Crippen molar-refractivity contribution in [1.29, 1.82) is 0 Å². The summed E-state index contributed by atoms with van der Waals surface area (Å²) in [7, 11) is 1.67. The van der Waals surface area contributed by atoms with E-state index in [4.69, 9.17) is 14.9 Å². The number of hydrogen-bond donors (Lipinski definition) is 1. The Hall–Kier alpha value is -0.800. The summed E-state index contributed by atoms with van der Waals surface area (Å²) in [5.41, 5.74) is 6.12. The van der Waals surface area contributed by atoms with E-state index in [0.29, 0.717) is 6.61 Å². The lowest BCUT2D eigenvalue weighted by Gasteiger charge is -2.31. The normalized spacial score (nSPS) is 20.4. The van der Waals surface area contributed by atoms with Gasteiger partial charge in [0.2, 0.25) is 0 Å². The summed E-state index contributed by atoms with van der Waals surface area (Å²) >= 11 is 0. The highest BCUT2D eigenvalue weighted by Crippen LogP contribution is 2.35. The highest BCUT2D eigenvalue weighted by molar-refractivity contribution is 5.16. The molecule has 1 aromatic heterocycles. The molecular weight excluding hydrogens is 190 g/mol. The molecule has 0 saturated heterocycles. The SMILES string of the molecule is COCc1ccc(C2(N)CCCCC2)o1. The van der Waals surface area contributed by atoms with Crippen LogP contribution in [-0.4, -0.2) is 7.11 Å². The number of rotatable bonds is 3. The van der Waals surface area contributed by atoms with Gasteiger partial charge in [-0.1, -0.05) is 19.3 Å². The molecule has 0 aliphatic heterocycles. The molecule has 84 valence electrons. The minimum absolute atomic E-state index is 0.232. The molecule has 1 aliphatic rings. The molecule has 0 amide bonds. The van der Waals surface area contributed by atoms with Gasteiger partial charge in [-0.3, -0.25) is 0 Å². The summed E-state index contributed by atoms with van der Waals surface area (Å²) in [4.78, 5) is 0. The Morgan fingerprint density at radius 2 is 2.07 bits per heavy atom. The zero-order valence-corrected chi connectivity index (χ0v) is 9.29. The van der Waals surface area contributed by atoms with Crippen LogP contribution in [0.1, 0.15) is 43.6 Å². The molecule has 1 aromatic rings. The molecule has 15 heavy (non-hydrogen) atoms. The molecule has 3 heteroatoms. The fraction of sp³-hybridized carbons (Fsp3) is 0.667. The molecule has 2 N–H and O–H groups in total. The molecule has 0 radical (unpaired) electrons. The minimum atomic E-state index is -0.232. The van der Waals surface area contributed by atoms with Crippen molar-refractivity contribution in [2.75, 3.05) is 7.11 Å². The topological polar surface area (TPSA) is 48.4 Å². The first-order chi connectivity index (χ1) is 7.24. The minimum Gasteiger partial charge on any atom is -0.462 e. The van der Waals surface area contributed by atoms with E-state index in [1.54, 1.807) is 7.11 Å². The number of nitrogens with two attached hydrogens (primary N) is 1. The van der Waals surface area contributed by atoms with Crippen LogP contribution in [0, 0.1) is 0 Å². The Labute approximate surface area is 90.6 Å².